The number of carbonyl (C=O) groups excluding carboxylic acids is 1. The van der Waals surface area contributed by atoms with E-state index >= 15 is 0 Å². The van der Waals surface area contributed by atoms with Crippen molar-refractivity contribution in [2.45, 2.75) is 643 Å². The van der Waals surface area contributed by atoms with Crippen LogP contribution in [0.15, 0.2) is 30.6 Å². The van der Waals surface area contributed by atoms with Crippen LogP contribution in [0.5, 0.6) is 0 Å². The summed E-state index contributed by atoms with van der Waals surface area (Å²) in [6, 6.07) is 6.31. The first-order valence-electron chi connectivity index (χ1n) is 59.3. The van der Waals surface area contributed by atoms with Crippen molar-refractivity contribution in [3.8, 4) is 0 Å². The molecule has 0 aliphatic carbocycles. The van der Waals surface area contributed by atoms with Crippen LogP contribution in [0.25, 0.3) is 0 Å². The van der Waals surface area contributed by atoms with Crippen LogP contribution in [-0.2, 0) is 73.7 Å². The molecular formula is C119H220BrNO28. The summed E-state index contributed by atoms with van der Waals surface area (Å²) in [5.74, 6) is -10.0. The van der Waals surface area contributed by atoms with Gasteiger partial charge in [-0.05, 0) is 103 Å². The van der Waals surface area contributed by atoms with Gasteiger partial charge in [0.2, 0.25) is 0 Å². The number of carboxylic acids is 14. The standard InChI is InChI=1S/C21H38N.7C14H26O4.BrH/c1-2-3-4-5-6-7-8-9-10-11-12-13-14-16-19-22-20-17-15-18-21-22;7*15-13(16)11-9-7-5-3-1-2-4-6-8-10-12-14(17)18;/h15,17-18,20-21H,2-14,16,19H2,1H3;7*1-12H2,(H,15,16)(H,17,18);1H/q+1;;;;;;;;/p-1. The fourth-order valence-electron chi connectivity index (χ4n) is 16.8. The van der Waals surface area contributed by atoms with Gasteiger partial charge in [0.1, 0.15) is 6.54 Å². The number of nitrogens with zero attached hydrogens (tertiary/aromatic N) is 1. The molecule has 13 N–H and O–H groups in total. The van der Waals surface area contributed by atoms with Crippen molar-refractivity contribution in [3.63, 3.8) is 0 Å². The van der Waals surface area contributed by atoms with Crippen LogP contribution in [0.4, 0.5) is 0 Å². The average Bonchev–Trinajstić information content (AvgIpc) is 0.963. The van der Waals surface area contributed by atoms with Gasteiger partial charge in [-0.2, -0.15) is 0 Å². The number of hydrogen-bond acceptors (Lipinski definition) is 15. The lowest BCUT2D eigenvalue weighted by atomic mass is 10.0. The van der Waals surface area contributed by atoms with Crippen molar-refractivity contribution in [3.05, 3.63) is 30.6 Å². The topological polar surface area (TPSA) is 529 Å². The highest BCUT2D eigenvalue weighted by Gasteiger charge is 2.09. The summed E-state index contributed by atoms with van der Waals surface area (Å²) in [5.41, 5.74) is 0. The predicted octanol–water partition coefficient (Wildman–Crippen LogP) is 32.6. The van der Waals surface area contributed by atoms with Crippen LogP contribution >= 0.6 is 17.0 Å². The van der Waals surface area contributed by atoms with Gasteiger partial charge in [-0.25, -0.2) is 4.57 Å². The SMILES string of the molecule is Br.CCCCCCCCCCCCCCCC[n+]1ccccc1.O=C(O)CCCCCCCCCCCCC(=O)O.O=C(O)CCCCCCCCCCCCC(=O)O.O=C(O)CCCCCCCCCCCCC(=O)O.O=C(O)CCCCCCCCCCCCC(=O)O.O=C(O)CCCCCCCCCCCCC(=O)O.O=C(O)CCCCCCCCCCCCC(=O)O.O=C([O-])CCCCCCCCCCCCC(=O)O. The zero-order valence-corrected chi connectivity index (χ0v) is 95.4. The highest BCUT2D eigenvalue weighted by Crippen LogP contribution is 2.22. The molecule has 0 fully saturated rings. The second-order valence-corrected chi connectivity index (χ2v) is 40.4. The van der Waals surface area contributed by atoms with Gasteiger partial charge in [-0.3, -0.25) is 62.3 Å². The third-order valence-corrected chi connectivity index (χ3v) is 25.8. The Bertz CT molecular complexity index is 2490. The smallest absolute Gasteiger partial charge is 0.303 e. The van der Waals surface area contributed by atoms with Crippen LogP contribution < -0.4 is 9.67 Å². The van der Waals surface area contributed by atoms with Gasteiger partial charge in [-0.1, -0.05) is 450 Å². The molecule has 0 saturated carbocycles. The summed E-state index contributed by atoms with van der Waals surface area (Å²) < 4.78 is 2.29. The quantitative estimate of drug-likeness (QED) is 0.0213. The second kappa shape index (κ2) is 136. The van der Waals surface area contributed by atoms with Crippen LogP contribution in [0.2, 0.25) is 0 Å². The molecule has 0 saturated heterocycles. The fraction of sp³-hybridized carbons (Fsp3) is 0.840. The molecule has 1 rings (SSSR count). The lowest BCUT2D eigenvalue weighted by Crippen LogP contribution is -2.32. The summed E-state index contributed by atoms with van der Waals surface area (Å²) >= 11 is 0. The van der Waals surface area contributed by atoms with E-state index in [0.29, 0.717) is 83.5 Å². The molecule has 1 aromatic heterocycles. The number of unbranched alkanes of at least 4 members (excludes halogenated alkanes) is 76. The van der Waals surface area contributed by atoms with Crippen molar-refractivity contribution in [2.24, 2.45) is 0 Å². The minimum Gasteiger partial charge on any atom is -0.550 e. The normalized spacial score (nSPS) is 10.4. The molecule has 876 valence electrons. The van der Waals surface area contributed by atoms with E-state index in [-0.39, 0.29) is 23.4 Å². The Morgan fingerprint density at radius 3 is 0.342 bits per heavy atom. The van der Waals surface area contributed by atoms with E-state index in [9.17, 15) is 72.2 Å². The molecule has 1 aromatic rings. The Hall–Kier alpha value is -7.79. The molecule has 29 nitrogen and oxygen atoms in total. The Labute approximate surface area is 911 Å². The van der Waals surface area contributed by atoms with E-state index in [2.05, 4.69) is 42.1 Å². The van der Waals surface area contributed by atoms with E-state index in [0.717, 1.165) is 270 Å². The van der Waals surface area contributed by atoms with Gasteiger partial charge in [0, 0.05) is 108 Å². The van der Waals surface area contributed by atoms with Gasteiger partial charge in [-0.15, -0.1) is 17.0 Å². The summed E-state index contributed by atoms with van der Waals surface area (Å²) in [7, 11) is 0. The molecule has 0 radical (unpaired) electrons. The third kappa shape index (κ3) is 182. The minimum absolute atomic E-state index is 0. The van der Waals surface area contributed by atoms with Crippen molar-refractivity contribution in [2.75, 3.05) is 0 Å². The van der Waals surface area contributed by atoms with Gasteiger partial charge in [0.05, 0.1) is 0 Å². The monoisotopic (exact) mass is 2190 g/mol. The number of rotatable bonds is 106. The van der Waals surface area contributed by atoms with Crippen molar-refractivity contribution < 1.29 is 143 Å². The Morgan fingerprint density at radius 2 is 0.242 bits per heavy atom. The fourth-order valence-corrected chi connectivity index (χ4v) is 16.8. The summed E-state index contributed by atoms with van der Waals surface area (Å²) in [6.45, 7) is 3.47. The van der Waals surface area contributed by atoms with E-state index < -0.39 is 83.6 Å². The lowest BCUT2D eigenvalue weighted by molar-refractivity contribution is -0.697. The second-order valence-electron chi connectivity index (χ2n) is 40.4. The zero-order chi connectivity index (χ0) is 111. The summed E-state index contributed by atoms with van der Waals surface area (Å²) in [4.78, 5) is 144. The Balaban J connectivity index is -0.000000254. The Kier molecular flexibility index (Phi) is 143. The largest absolute Gasteiger partial charge is 0.550 e. The molecule has 0 amide bonds. The van der Waals surface area contributed by atoms with Crippen LogP contribution in [-0.4, -0.2) is 150 Å². The number of aryl methyl sites for hydroxylation is 1. The maximum Gasteiger partial charge on any atom is 0.303 e. The number of hydrogen-bond donors (Lipinski definition) is 13. The predicted molar refractivity (Wildman–Crippen MR) is 599 cm³/mol. The van der Waals surface area contributed by atoms with Gasteiger partial charge in [0.25, 0.3) is 0 Å². The minimum atomic E-state index is -0.948. The maximum atomic E-state index is 10.3. The van der Waals surface area contributed by atoms with Crippen molar-refractivity contribution >= 4 is 101 Å². The number of halogens is 1. The van der Waals surface area contributed by atoms with E-state index in [4.69, 9.17) is 66.4 Å². The molecule has 0 atom stereocenters. The maximum absolute atomic E-state index is 10.3. The number of carbonyl (C=O) groups is 14. The van der Waals surface area contributed by atoms with E-state index in [1.807, 2.05) is 0 Å². The van der Waals surface area contributed by atoms with E-state index in [1.54, 1.807) is 0 Å². The number of carboxylic acid groups (broad SMARTS) is 14. The van der Waals surface area contributed by atoms with Crippen molar-refractivity contribution in [1.29, 1.82) is 0 Å². The van der Waals surface area contributed by atoms with Crippen LogP contribution in [0.3, 0.4) is 0 Å². The molecule has 0 bridgehead atoms. The highest BCUT2D eigenvalue weighted by molar-refractivity contribution is 8.93. The van der Waals surface area contributed by atoms with Crippen LogP contribution in [0, 0.1) is 0 Å². The molecule has 0 aliphatic heterocycles. The number of pyridine rings is 1. The zero-order valence-electron chi connectivity index (χ0n) is 93.7. The molecule has 149 heavy (non-hydrogen) atoms. The van der Waals surface area contributed by atoms with E-state index in [1.165, 1.54) is 276 Å². The lowest BCUT2D eigenvalue weighted by Gasteiger charge is -2.03. The van der Waals surface area contributed by atoms with Gasteiger partial charge < -0.3 is 76.3 Å². The van der Waals surface area contributed by atoms with Gasteiger partial charge >= 0.3 is 77.6 Å². The molecule has 0 aromatic carbocycles. The van der Waals surface area contributed by atoms with Crippen molar-refractivity contribution in [1.82, 2.24) is 0 Å². The first kappa shape index (κ1) is 156. The molecule has 0 spiro atoms. The summed E-state index contributed by atoms with van der Waals surface area (Å²) in [6.07, 6.45) is 103. The Morgan fingerprint density at radius 1 is 0.148 bits per heavy atom. The molecular weight excluding hydrogens is 1970 g/mol. The van der Waals surface area contributed by atoms with Gasteiger partial charge in [0.15, 0.2) is 12.4 Å². The highest BCUT2D eigenvalue weighted by atomic mass is 79.9. The molecule has 1 heterocycles. The average molecular weight is 2190 g/mol. The number of aromatic nitrogens is 1. The first-order valence-corrected chi connectivity index (χ1v) is 59.3. The molecule has 30 heteroatoms. The summed E-state index contributed by atoms with van der Waals surface area (Å²) in [5, 5.41) is 120. The third-order valence-electron chi connectivity index (χ3n) is 25.8. The number of aliphatic carboxylic acids is 14. The first-order chi connectivity index (χ1) is 71.3. The van der Waals surface area contributed by atoms with Crippen LogP contribution in [0.1, 0.15) is 636 Å². The molecule has 0 unspecified atom stereocenters. The molecule has 0 aliphatic rings.